The minimum Gasteiger partial charge on any atom is -0.362 e. The predicted octanol–water partition coefficient (Wildman–Crippen LogP) is 1.11. The first-order valence-electron chi connectivity index (χ1n) is 7.28. The molecular formula is C16H18N6O2+2. The van der Waals surface area contributed by atoms with E-state index < -0.39 is 0 Å². The number of allylic oxidation sites excluding steroid dienone is 2. The number of nitrogens with two attached hydrogens (primary N) is 2. The molecule has 4 N–H and O–H groups in total. The molecule has 0 saturated carbocycles. The van der Waals surface area contributed by atoms with Crippen molar-refractivity contribution in [3.63, 3.8) is 0 Å². The standard InChI is InChI=1S/C16H18N6O2/c1-3-8-21-13(15(17)23-19-21)11-6-5-7-12(10-11)14-16(18)24-20-22(14)9-4-2/h3-7,10H,1-2,8-9,17-18H2/q+2. The van der Waals surface area contributed by atoms with E-state index >= 15 is 0 Å². The maximum atomic E-state index is 5.92. The van der Waals surface area contributed by atoms with Crippen molar-refractivity contribution in [2.45, 2.75) is 13.1 Å². The van der Waals surface area contributed by atoms with E-state index in [1.807, 2.05) is 24.3 Å². The zero-order chi connectivity index (χ0) is 17.1. The Bertz CT molecular complexity index is 826. The summed E-state index contributed by atoms with van der Waals surface area (Å²) in [5.41, 5.74) is 14.8. The summed E-state index contributed by atoms with van der Waals surface area (Å²) >= 11 is 0. The molecule has 0 aliphatic rings. The number of hydrogen-bond donors (Lipinski definition) is 2. The Balaban J connectivity index is 2.11. The number of nitrogens with zero attached hydrogens (tertiary/aromatic N) is 4. The molecule has 0 bridgehead atoms. The number of benzene rings is 1. The van der Waals surface area contributed by atoms with Gasteiger partial charge in [0.15, 0.2) is 13.1 Å². The summed E-state index contributed by atoms with van der Waals surface area (Å²) in [4.78, 5) is 0. The van der Waals surface area contributed by atoms with Crippen LogP contribution in [0.1, 0.15) is 0 Å². The number of nitrogen functional groups attached to an aromatic ring is 2. The van der Waals surface area contributed by atoms with Gasteiger partial charge in [0.05, 0.1) is 11.1 Å². The monoisotopic (exact) mass is 326 g/mol. The van der Waals surface area contributed by atoms with Crippen LogP contribution < -0.4 is 20.8 Å². The van der Waals surface area contributed by atoms with E-state index in [-0.39, 0.29) is 11.8 Å². The van der Waals surface area contributed by atoms with Crippen molar-refractivity contribution in [1.82, 2.24) is 10.5 Å². The molecule has 0 aliphatic carbocycles. The lowest BCUT2D eigenvalue weighted by Gasteiger charge is -1.99. The highest BCUT2D eigenvalue weighted by molar-refractivity contribution is 5.74. The molecule has 24 heavy (non-hydrogen) atoms. The molecule has 122 valence electrons. The third-order valence-corrected chi connectivity index (χ3v) is 3.47. The van der Waals surface area contributed by atoms with Crippen molar-refractivity contribution in [2.24, 2.45) is 0 Å². The molecule has 0 spiro atoms. The largest absolute Gasteiger partial charge is 0.362 e. The van der Waals surface area contributed by atoms with Gasteiger partial charge in [-0.3, -0.25) is 9.05 Å². The van der Waals surface area contributed by atoms with E-state index in [1.54, 1.807) is 21.5 Å². The van der Waals surface area contributed by atoms with Gasteiger partial charge in [0.1, 0.15) is 0 Å². The zero-order valence-corrected chi connectivity index (χ0v) is 13.1. The molecule has 3 rings (SSSR count). The summed E-state index contributed by atoms with van der Waals surface area (Å²) < 4.78 is 13.4. The minimum atomic E-state index is 0.228. The highest BCUT2D eigenvalue weighted by Gasteiger charge is 2.27. The van der Waals surface area contributed by atoms with Gasteiger partial charge in [-0.15, -0.1) is 0 Å². The van der Waals surface area contributed by atoms with Gasteiger partial charge in [0.25, 0.3) is 0 Å². The number of anilines is 2. The molecule has 0 aliphatic heterocycles. The third-order valence-electron chi connectivity index (χ3n) is 3.47. The fraction of sp³-hybridized carbons (Fsp3) is 0.125. The molecule has 3 aromatic rings. The van der Waals surface area contributed by atoms with E-state index in [0.29, 0.717) is 24.5 Å². The lowest BCUT2D eigenvalue weighted by Crippen LogP contribution is -2.37. The Hall–Kier alpha value is -3.42. The molecule has 0 fully saturated rings. The number of rotatable bonds is 6. The molecule has 1 aromatic carbocycles. The molecule has 0 amide bonds. The van der Waals surface area contributed by atoms with Crippen LogP contribution in [0.2, 0.25) is 0 Å². The molecule has 0 saturated heterocycles. The Morgan fingerprint density at radius 1 is 0.917 bits per heavy atom. The van der Waals surface area contributed by atoms with Crippen molar-refractivity contribution >= 4 is 11.8 Å². The lowest BCUT2D eigenvalue weighted by atomic mass is 10.1. The second-order valence-electron chi connectivity index (χ2n) is 5.09. The summed E-state index contributed by atoms with van der Waals surface area (Å²) in [7, 11) is 0. The number of hydrogen-bond acceptors (Lipinski definition) is 6. The quantitative estimate of drug-likeness (QED) is 0.518. The van der Waals surface area contributed by atoms with Crippen LogP contribution in [0, 0.1) is 0 Å². The summed E-state index contributed by atoms with van der Waals surface area (Å²) in [5.74, 6) is 0.456. The topological polar surface area (TPSA) is 112 Å². The first kappa shape index (κ1) is 15.5. The van der Waals surface area contributed by atoms with E-state index in [2.05, 4.69) is 23.7 Å². The van der Waals surface area contributed by atoms with Crippen LogP contribution in [0.15, 0.2) is 58.6 Å². The third kappa shape index (κ3) is 2.65. The van der Waals surface area contributed by atoms with Gasteiger partial charge >= 0.3 is 23.2 Å². The van der Waals surface area contributed by atoms with Crippen LogP contribution in [-0.4, -0.2) is 10.5 Å². The van der Waals surface area contributed by atoms with Gasteiger partial charge in [-0.1, -0.05) is 19.2 Å². The van der Waals surface area contributed by atoms with Crippen molar-refractivity contribution in [3.05, 3.63) is 49.6 Å². The Kier molecular flexibility index (Phi) is 4.11. The lowest BCUT2D eigenvalue weighted by molar-refractivity contribution is -0.744. The fourth-order valence-electron chi connectivity index (χ4n) is 2.50. The second-order valence-corrected chi connectivity index (χ2v) is 5.09. The highest BCUT2D eigenvalue weighted by atomic mass is 16.5. The average Bonchev–Trinajstić information content (AvgIpc) is 3.11. The van der Waals surface area contributed by atoms with Crippen molar-refractivity contribution in [1.29, 1.82) is 0 Å². The van der Waals surface area contributed by atoms with Crippen LogP contribution in [-0.2, 0) is 13.1 Å². The van der Waals surface area contributed by atoms with Crippen molar-refractivity contribution in [3.8, 4) is 22.5 Å². The van der Waals surface area contributed by atoms with Gasteiger partial charge in [-0.05, 0) is 39.7 Å². The summed E-state index contributed by atoms with van der Waals surface area (Å²) in [5, 5.41) is 7.82. The zero-order valence-electron chi connectivity index (χ0n) is 13.1. The summed E-state index contributed by atoms with van der Waals surface area (Å²) in [6.45, 7) is 8.37. The second kappa shape index (κ2) is 6.37. The summed E-state index contributed by atoms with van der Waals surface area (Å²) in [6, 6.07) is 7.63. The molecule has 8 nitrogen and oxygen atoms in total. The molecule has 2 heterocycles. The smallest absolute Gasteiger partial charge is 0.305 e. The van der Waals surface area contributed by atoms with Crippen LogP contribution in [0.25, 0.3) is 22.5 Å². The molecule has 0 atom stereocenters. The first-order chi connectivity index (χ1) is 11.7. The number of aromatic nitrogens is 4. The van der Waals surface area contributed by atoms with Gasteiger partial charge in [0, 0.05) is 0 Å². The molecule has 0 unspecified atom stereocenters. The van der Waals surface area contributed by atoms with E-state index in [9.17, 15) is 0 Å². The maximum Gasteiger partial charge on any atom is 0.305 e. The van der Waals surface area contributed by atoms with Crippen molar-refractivity contribution in [2.75, 3.05) is 11.5 Å². The highest BCUT2D eigenvalue weighted by Crippen LogP contribution is 2.28. The van der Waals surface area contributed by atoms with Crippen LogP contribution in [0.3, 0.4) is 0 Å². The van der Waals surface area contributed by atoms with E-state index in [1.165, 1.54) is 0 Å². The average molecular weight is 326 g/mol. The summed E-state index contributed by atoms with van der Waals surface area (Å²) in [6.07, 6.45) is 3.43. The van der Waals surface area contributed by atoms with E-state index in [4.69, 9.17) is 20.5 Å². The first-order valence-corrected chi connectivity index (χ1v) is 7.28. The van der Waals surface area contributed by atoms with Gasteiger partial charge in [0.2, 0.25) is 10.5 Å². The minimum absolute atomic E-state index is 0.228. The Morgan fingerprint density at radius 2 is 1.38 bits per heavy atom. The van der Waals surface area contributed by atoms with Gasteiger partial charge in [-0.2, -0.15) is 0 Å². The normalized spacial score (nSPS) is 10.7. The Labute approximate surface area is 138 Å². The van der Waals surface area contributed by atoms with E-state index in [0.717, 1.165) is 11.1 Å². The molecule has 0 radical (unpaired) electrons. The van der Waals surface area contributed by atoms with Gasteiger partial charge < -0.3 is 11.5 Å². The predicted molar refractivity (Wildman–Crippen MR) is 87.0 cm³/mol. The molecular weight excluding hydrogens is 308 g/mol. The van der Waals surface area contributed by atoms with Crippen LogP contribution in [0.4, 0.5) is 11.8 Å². The maximum absolute atomic E-state index is 5.92. The Morgan fingerprint density at radius 3 is 1.79 bits per heavy atom. The molecule has 2 aromatic heterocycles. The SMILES string of the molecule is C=CC[n+]1noc(N)c1-c1cccc(-c2c(N)on[n+]2CC=C)c1. The van der Waals surface area contributed by atoms with Gasteiger partial charge in [-0.25, -0.2) is 0 Å². The van der Waals surface area contributed by atoms with Crippen LogP contribution >= 0.6 is 0 Å². The fourth-order valence-corrected chi connectivity index (χ4v) is 2.50. The van der Waals surface area contributed by atoms with Crippen LogP contribution in [0.5, 0.6) is 0 Å². The van der Waals surface area contributed by atoms with Crippen molar-refractivity contribution < 1.29 is 18.4 Å². The molecule has 8 heteroatoms.